The first-order chi connectivity index (χ1) is 7.33. The molecule has 0 saturated heterocycles. The standard InChI is InChI=1S/C8H10N6S/c9-6-12-7(11-5-1-2-5)13-14(6)8-10-3-4-15-8/h3-5H,1-2H2,(H3,9,11,12,13). The van der Waals surface area contributed by atoms with Crippen molar-refractivity contribution in [3.05, 3.63) is 11.6 Å². The lowest BCUT2D eigenvalue weighted by Gasteiger charge is -1.95. The summed E-state index contributed by atoms with van der Waals surface area (Å²) in [6, 6.07) is 0.525. The minimum atomic E-state index is 0.369. The Kier molecular flexibility index (Phi) is 1.84. The first-order valence-corrected chi connectivity index (χ1v) is 5.60. The molecule has 15 heavy (non-hydrogen) atoms. The van der Waals surface area contributed by atoms with Crippen LogP contribution in [0.15, 0.2) is 11.6 Å². The van der Waals surface area contributed by atoms with Crippen LogP contribution in [0.3, 0.4) is 0 Å². The molecule has 0 aliphatic heterocycles. The molecular weight excluding hydrogens is 212 g/mol. The van der Waals surface area contributed by atoms with Crippen LogP contribution in [0.1, 0.15) is 12.8 Å². The van der Waals surface area contributed by atoms with E-state index in [0.717, 1.165) is 5.13 Å². The van der Waals surface area contributed by atoms with Gasteiger partial charge in [-0.3, -0.25) is 0 Å². The van der Waals surface area contributed by atoms with Gasteiger partial charge in [0, 0.05) is 17.6 Å². The Balaban J connectivity index is 1.90. The number of nitrogen functional groups attached to an aromatic ring is 1. The second-order valence-electron chi connectivity index (χ2n) is 3.44. The molecule has 0 aromatic carbocycles. The molecular formula is C8H10N6S. The van der Waals surface area contributed by atoms with E-state index in [1.807, 2.05) is 5.38 Å². The first-order valence-electron chi connectivity index (χ1n) is 4.72. The monoisotopic (exact) mass is 222 g/mol. The van der Waals surface area contributed by atoms with Crippen molar-refractivity contribution in [2.24, 2.45) is 0 Å². The van der Waals surface area contributed by atoms with E-state index in [-0.39, 0.29) is 0 Å². The SMILES string of the molecule is Nc1nc(NC2CC2)nn1-c1nccs1. The van der Waals surface area contributed by atoms with Gasteiger partial charge in [-0.25, -0.2) is 4.98 Å². The van der Waals surface area contributed by atoms with Gasteiger partial charge in [0.15, 0.2) is 0 Å². The molecule has 0 amide bonds. The Morgan fingerprint density at radius 3 is 3.07 bits per heavy atom. The summed E-state index contributed by atoms with van der Waals surface area (Å²) in [5.41, 5.74) is 5.74. The molecule has 1 fully saturated rings. The zero-order valence-electron chi connectivity index (χ0n) is 7.92. The van der Waals surface area contributed by atoms with E-state index in [2.05, 4.69) is 20.4 Å². The minimum Gasteiger partial charge on any atom is -0.368 e. The van der Waals surface area contributed by atoms with E-state index in [0.29, 0.717) is 17.9 Å². The largest absolute Gasteiger partial charge is 0.368 e. The molecule has 78 valence electrons. The number of aromatic nitrogens is 4. The Morgan fingerprint density at radius 2 is 2.40 bits per heavy atom. The van der Waals surface area contributed by atoms with E-state index in [1.165, 1.54) is 24.2 Å². The minimum absolute atomic E-state index is 0.369. The van der Waals surface area contributed by atoms with Crippen LogP contribution in [0.4, 0.5) is 11.9 Å². The predicted octanol–water partition coefficient (Wildman–Crippen LogP) is 0.880. The zero-order chi connectivity index (χ0) is 10.3. The topological polar surface area (TPSA) is 81.6 Å². The van der Waals surface area contributed by atoms with Gasteiger partial charge < -0.3 is 11.1 Å². The summed E-state index contributed by atoms with van der Waals surface area (Å²) in [6.45, 7) is 0. The summed E-state index contributed by atoms with van der Waals surface area (Å²) in [6.07, 6.45) is 4.09. The third-order valence-corrected chi connectivity index (χ3v) is 2.89. The van der Waals surface area contributed by atoms with Crippen LogP contribution in [-0.2, 0) is 0 Å². The Morgan fingerprint density at radius 1 is 1.53 bits per heavy atom. The second-order valence-corrected chi connectivity index (χ2v) is 4.31. The third-order valence-electron chi connectivity index (χ3n) is 2.14. The van der Waals surface area contributed by atoms with E-state index in [4.69, 9.17) is 5.73 Å². The number of rotatable bonds is 3. The van der Waals surface area contributed by atoms with Gasteiger partial charge in [-0.15, -0.1) is 16.4 Å². The molecule has 1 aliphatic carbocycles. The van der Waals surface area contributed by atoms with Crippen LogP contribution in [0.5, 0.6) is 0 Å². The number of hydrogen-bond donors (Lipinski definition) is 2. The number of hydrogen-bond acceptors (Lipinski definition) is 6. The smallest absolute Gasteiger partial charge is 0.244 e. The van der Waals surface area contributed by atoms with Crippen molar-refractivity contribution in [2.45, 2.75) is 18.9 Å². The number of nitrogens with one attached hydrogen (secondary N) is 1. The van der Waals surface area contributed by atoms with E-state index in [1.54, 1.807) is 10.9 Å². The summed E-state index contributed by atoms with van der Waals surface area (Å²) in [7, 11) is 0. The molecule has 0 radical (unpaired) electrons. The lowest BCUT2D eigenvalue weighted by Crippen LogP contribution is -2.03. The Labute approximate surface area is 90.2 Å². The van der Waals surface area contributed by atoms with Crippen LogP contribution >= 0.6 is 11.3 Å². The number of nitrogens with two attached hydrogens (primary N) is 1. The van der Waals surface area contributed by atoms with Crippen LogP contribution in [-0.4, -0.2) is 25.8 Å². The van der Waals surface area contributed by atoms with E-state index < -0.39 is 0 Å². The highest BCUT2D eigenvalue weighted by atomic mass is 32.1. The fourth-order valence-corrected chi connectivity index (χ4v) is 1.86. The van der Waals surface area contributed by atoms with Crippen molar-refractivity contribution in [3.8, 4) is 5.13 Å². The van der Waals surface area contributed by atoms with Gasteiger partial charge in [0.05, 0.1) is 0 Å². The van der Waals surface area contributed by atoms with Crippen molar-refractivity contribution in [3.63, 3.8) is 0 Å². The molecule has 0 unspecified atom stereocenters. The van der Waals surface area contributed by atoms with Crippen LogP contribution < -0.4 is 11.1 Å². The summed E-state index contributed by atoms with van der Waals surface area (Å²) < 4.78 is 1.55. The summed E-state index contributed by atoms with van der Waals surface area (Å²) in [5.74, 6) is 0.957. The lowest BCUT2D eigenvalue weighted by molar-refractivity contribution is 0.876. The van der Waals surface area contributed by atoms with Gasteiger partial charge in [0.25, 0.3) is 0 Å². The third kappa shape index (κ3) is 1.65. The Hall–Kier alpha value is -1.63. The first kappa shape index (κ1) is 8.66. The normalized spacial score (nSPS) is 15.5. The zero-order valence-corrected chi connectivity index (χ0v) is 8.74. The van der Waals surface area contributed by atoms with Gasteiger partial charge in [0.2, 0.25) is 17.0 Å². The van der Waals surface area contributed by atoms with Crippen molar-refractivity contribution < 1.29 is 0 Å². The molecule has 7 heteroatoms. The highest BCUT2D eigenvalue weighted by Gasteiger charge is 2.23. The van der Waals surface area contributed by atoms with Gasteiger partial charge in [0.1, 0.15) is 0 Å². The van der Waals surface area contributed by atoms with Crippen LogP contribution in [0.2, 0.25) is 0 Å². The molecule has 0 atom stereocenters. The number of thiazole rings is 1. The van der Waals surface area contributed by atoms with E-state index >= 15 is 0 Å². The van der Waals surface area contributed by atoms with Crippen molar-refractivity contribution in [2.75, 3.05) is 11.1 Å². The Bertz CT molecular complexity index is 457. The average molecular weight is 222 g/mol. The number of nitrogens with zero attached hydrogens (tertiary/aromatic N) is 4. The van der Waals surface area contributed by atoms with Gasteiger partial charge in [-0.2, -0.15) is 9.67 Å². The second kappa shape index (κ2) is 3.20. The molecule has 2 aromatic heterocycles. The van der Waals surface area contributed by atoms with Gasteiger partial charge in [-0.1, -0.05) is 0 Å². The van der Waals surface area contributed by atoms with Gasteiger partial charge in [-0.05, 0) is 12.8 Å². The fourth-order valence-electron chi connectivity index (χ4n) is 1.26. The maximum atomic E-state index is 5.74. The molecule has 0 spiro atoms. The predicted molar refractivity (Wildman–Crippen MR) is 58.1 cm³/mol. The van der Waals surface area contributed by atoms with E-state index in [9.17, 15) is 0 Å². The van der Waals surface area contributed by atoms with Crippen LogP contribution in [0, 0.1) is 0 Å². The molecule has 2 heterocycles. The quantitative estimate of drug-likeness (QED) is 0.805. The maximum Gasteiger partial charge on any atom is 0.244 e. The van der Waals surface area contributed by atoms with Crippen molar-refractivity contribution in [1.82, 2.24) is 19.7 Å². The summed E-state index contributed by atoms with van der Waals surface area (Å²) in [4.78, 5) is 8.26. The highest BCUT2D eigenvalue weighted by molar-refractivity contribution is 7.12. The summed E-state index contributed by atoms with van der Waals surface area (Å²) >= 11 is 1.48. The molecule has 1 saturated carbocycles. The lowest BCUT2D eigenvalue weighted by atomic mass is 10.7. The highest BCUT2D eigenvalue weighted by Crippen LogP contribution is 2.24. The molecule has 0 bridgehead atoms. The summed E-state index contributed by atoms with van der Waals surface area (Å²) in [5, 5.41) is 10.1. The average Bonchev–Trinajstić information content (AvgIpc) is 2.76. The fraction of sp³-hybridized carbons (Fsp3) is 0.375. The molecule has 3 N–H and O–H groups in total. The van der Waals surface area contributed by atoms with Crippen molar-refractivity contribution in [1.29, 1.82) is 0 Å². The maximum absolute atomic E-state index is 5.74. The van der Waals surface area contributed by atoms with Gasteiger partial charge >= 0.3 is 0 Å². The molecule has 3 rings (SSSR count). The molecule has 6 nitrogen and oxygen atoms in total. The molecule has 2 aromatic rings. The molecule has 1 aliphatic rings. The van der Waals surface area contributed by atoms with Crippen molar-refractivity contribution >= 4 is 23.2 Å². The number of anilines is 2. The van der Waals surface area contributed by atoms with Crippen LogP contribution in [0.25, 0.3) is 5.13 Å².